The van der Waals surface area contributed by atoms with Crippen LogP contribution in [0.1, 0.15) is 12.8 Å². The van der Waals surface area contributed by atoms with Crippen LogP contribution in [0.25, 0.3) is 0 Å². The predicted octanol–water partition coefficient (Wildman–Crippen LogP) is -0.266. The summed E-state index contributed by atoms with van der Waals surface area (Å²) in [4.78, 5) is 0. The predicted molar refractivity (Wildman–Crippen MR) is 36.2 cm³/mol. The fourth-order valence-electron chi connectivity index (χ4n) is 0.510. The van der Waals surface area contributed by atoms with E-state index in [-0.39, 0.29) is 6.61 Å². The van der Waals surface area contributed by atoms with Gasteiger partial charge < -0.3 is 15.6 Å². The molecule has 3 heteroatoms. The molecule has 0 saturated carbocycles. The van der Waals surface area contributed by atoms with Crippen LogP contribution >= 0.6 is 0 Å². The van der Waals surface area contributed by atoms with E-state index >= 15 is 0 Å². The maximum atomic E-state index is 7.75. The summed E-state index contributed by atoms with van der Waals surface area (Å²) < 4.78 is 4.94. The average molecular weight is 133 g/mol. The molecular formula is C6H15NO2. The monoisotopic (exact) mass is 133 g/mol. The van der Waals surface area contributed by atoms with E-state index < -0.39 is 0 Å². The number of nitrogens with two attached hydrogens (primary N) is 1. The Bertz CT molecular complexity index is 36.7. The van der Waals surface area contributed by atoms with Crippen LogP contribution in [0.3, 0.4) is 0 Å². The van der Waals surface area contributed by atoms with Crippen LogP contribution in [0, 0.1) is 0 Å². The Morgan fingerprint density at radius 2 is 1.78 bits per heavy atom. The maximum absolute atomic E-state index is 7.75. The molecule has 1 fully saturated rings. The highest BCUT2D eigenvalue weighted by molar-refractivity contribution is 4.43. The molecule has 0 bridgehead atoms. The SMILES string of the molecule is C1CCOC1.NCCO. The van der Waals surface area contributed by atoms with Crippen molar-refractivity contribution in [3.8, 4) is 0 Å². The van der Waals surface area contributed by atoms with Crippen molar-refractivity contribution in [1.29, 1.82) is 0 Å². The summed E-state index contributed by atoms with van der Waals surface area (Å²) in [6, 6.07) is 0. The lowest BCUT2D eigenvalue weighted by Gasteiger charge is -1.76. The maximum Gasteiger partial charge on any atom is 0.0553 e. The van der Waals surface area contributed by atoms with Crippen molar-refractivity contribution in [1.82, 2.24) is 0 Å². The molecule has 0 aromatic heterocycles. The lowest BCUT2D eigenvalue weighted by Crippen LogP contribution is -2.02. The first-order valence-corrected chi connectivity index (χ1v) is 3.30. The smallest absolute Gasteiger partial charge is 0.0553 e. The Kier molecular flexibility index (Phi) is 7.77. The van der Waals surface area contributed by atoms with Crippen molar-refractivity contribution in [3.63, 3.8) is 0 Å². The zero-order valence-electron chi connectivity index (χ0n) is 5.68. The minimum Gasteiger partial charge on any atom is -0.395 e. The van der Waals surface area contributed by atoms with Gasteiger partial charge in [0.1, 0.15) is 0 Å². The van der Waals surface area contributed by atoms with Gasteiger partial charge in [-0.15, -0.1) is 0 Å². The number of aliphatic hydroxyl groups excluding tert-OH is 1. The molecule has 56 valence electrons. The molecule has 0 aromatic carbocycles. The van der Waals surface area contributed by atoms with Gasteiger partial charge in [-0.05, 0) is 12.8 Å². The molecular weight excluding hydrogens is 118 g/mol. The standard InChI is InChI=1S/C4H8O.C2H7NO/c1-2-4-5-3-1;3-1-2-4/h1-4H2;4H,1-3H2. The van der Waals surface area contributed by atoms with Crippen molar-refractivity contribution in [2.75, 3.05) is 26.4 Å². The van der Waals surface area contributed by atoms with E-state index in [2.05, 4.69) is 0 Å². The zero-order chi connectivity index (χ0) is 6.95. The Balaban J connectivity index is 0.000000148. The molecule has 9 heavy (non-hydrogen) atoms. The first-order chi connectivity index (χ1) is 4.41. The Hall–Kier alpha value is -0.120. The van der Waals surface area contributed by atoms with Crippen LogP contribution in [0.2, 0.25) is 0 Å². The Morgan fingerprint density at radius 3 is 1.89 bits per heavy atom. The lowest BCUT2D eigenvalue weighted by molar-refractivity contribution is 0.198. The van der Waals surface area contributed by atoms with Crippen molar-refractivity contribution >= 4 is 0 Å². The van der Waals surface area contributed by atoms with Gasteiger partial charge in [-0.1, -0.05) is 0 Å². The summed E-state index contributed by atoms with van der Waals surface area (Å²) in [6.45, 7) is 2.47. The Morgan fingerprint density at radius 1 is 1.33 bits per heavy atom. The third kappa shape index (κ3) is 7.88. The van der Waals surface area contributed by atoms with E-state index in [9.17, 15) is 0 Å². The molecule has 1 rings (SSSR count). The molecule has 0 amide bonds. The quantitative estimate of drug-likeness (QED) is 0.518. The van der Waals surface area contributed by atoms with E-state index in [1.165, 1.54) is 12.8 Å². The first-order valence-electron chi connectivity index (χ1n) is 3.30. The largest absolute Gasteiger partial charge is 0.395 e. The normalized spacial score (nSPS) is 16.7. The molecule has 0 radical (unpaired) electrons. The fourth-order valence-corrected chi connectivity index (χ4v) is 0.510. The fraction of sp³-hybridized carbons (Fsp3) is 1.00. The van der Waals surface area contributed by atoms with Crippen LogP contribution in [0.5, 0.6) is 0 Å². The third-order valence-electron chi connectivity index (χ3n) is 0.956. The highest BCUT2D eigenvalue weighted by Crippen LogP contribution is 1.98. The lowest BCUT2D eigenvalue weighted by atomic mass is 10.4. The minimum absolute atomic E-state index is 0.0972. The van der Waals surface area contributed by atoms with Crippen LogP contribution in [0.15, 0.2) is 0 Å². The van der Waals surface area contributed by atoms with Crippen LogP contribution in [-0.4, -0.2) is 31.5 Å². The molecule has 0 atom stereocenters. The summed E-state index contributed by atoms with van der Waals surface area (Å²) in [5.41, 5.74) is 4.78. The highest BCUT2D eigenvalue weighted by Gasteiger charge is 1.94. The highest BCUT2D eigenvalue weighted by atomic mass is 16.5. The molecule has 3 N–H and O–H groups in total. The van der Waals surface area contributed by atoms with E-state index in [0.29, 0.717) is 6.54 Å². The van der Waals surface area contributed by atoms with E-state index in [1.807, 2.05) is 0 Å². The summed E-state index contributed by atoms with van der Waals surface area (Å²) in [5, 5.41) is 7.75. The van der Waals surface area contributed by atoms with Crippen LogP contribution < -0.4 is 5.73 Å². The number of aliphatic hydroxyl groups is 1. The zero-order valence-corrected chi connectivity index (χ0v) is 5.68. The number of rotatable bonds is 1. The second-order valence-electron chi connectivity index (χ2n) is 1.83. The molecule has 0 aromatic rings. The van der Waals surface area contributed by atoms with Gasteiger partial charge in [-0.3, -0.25) is 0 Å². The van der Waals surface area contributed by atoms with E-state index in [1.54, 1.807) is 0 Å². The van der Waals surface area contributed by atoms with Gasteiger partial charge in [-0.25, -0.2) is 0 Å². The van der Waals surface area contributed by atoms with Crippen molar-refractivity contribution in [3.05, 3.63) is 0 Å². The van der Waals surface area contributed by atoms with Crippen LogP contribution in [0.4, 0.5) is 0 Å². The molecule has 3 nitrogen and oxygen atoms in total. The van der Waals surface area contributed by atoms with Gasteiger partial charge in [0.25, 0.3) is 0 Å². The summed E-state index contributed by atoms with van der Waals surface area (Å²) >= 11 is 0. The topological polar surface area (TPSA) is 55.5 Å². The Labute approximate surface area is 55.8 Å². The van der Waals surface area contributed by atoms with Gasteiger partial charge in [0.2, 0.25) is 0 Å². The van der Waals surface area contributed by atoms with E-state index in [4.69, 9.17) is 15.6 Å². The second-order valence-corrected chi connectivity index (χ2v) is 1.83. The molecule has 1 heterocycles. The van der Waals surface area contributed by atoms with Gasteiger partial charge in [-0.2, -0.15) is 0 Å². The average Bonchev–Trinajstić information content (AvgIpc) is 2.43. The molecule has 0 spiro atoms. The van der Waals surface area contributed by atoms with Gasteiger partial charge in [0, 0.05) is 19.8 Å². The molecule has 1 aliphatic heterocycles. The number of hydrogen-bond acceptors (Lipinski definition) is 3. The van der Waals surface area contributed by atoms with Gasteiger partial charge in [0.15, 0.2) is 0 Å². The molecule has 1 saturated heterocycles. The summed E-state index contributed by atoms with van der Waals surface area (Å²) in [7, 11) is 0. The second kappa shape index (κ2) is 7.88. The van der Waals surface area contributed by atoms with E-state index in [0.717, 1.165) is 13.2 Å². The number of hydrogen-bond donors (Lipinski definition) is 2. The molecule has 0 aliphatic carbocycles. The first kappa shape index (κ1) is 8.88. The third-order valence-corrected chi connectivity index (χ3v) is 0.956. The number of ether oxygens (including phenoxy) is 1. The van der Waals surface area contributed by atoms with Crippen LogP contribution in [-0.2, 0) is 4.74 Å². The van der Waals surface area contributed by atoms with Crippen molar-refractivity contribution in [2.24, 2.45) is 5.73 Å². The van der Waals surface area contributed by atoms with Gasteiger partial charge >= 0.3 is 0 Å². The molecule has 0 unspecified atom stereocenters. The molecule has 1 aliphatic rings. The van der Waals surface area contributed by atoms with Crippen molar-refractivity contribution in [2.45, 2.75) is 12.8 Å². The van der Waals surface area contributed by atoms with Crippen molar-refractivity contribution < 1.29 is 9.84 Å². The summed E-state index contributed by atoms with van der Waals surface area (Å²) in [5.74, 6) is 0. The minimum atomic E-state index is 0.0972. The summed E-state index contributed by atoms with van der Waals surface area (Å²) in [6.07, 6.45) is 2.56. The van der Waals surface area contributed by atoms with Gasteiger partial charge in [0.05, 0.1) is 6.61 Å².